The molecule has 0 aromatic heterocycles. The summed E-state index contributed by atoms with van der Waals surface area (Å²) in [6.45, 7) is 3.67. The van der Waals surface area contributed by atoms with Gasteiger partial charge in [-0.2, -0.15) is 0 Å². The first-order chi connectivity index (χ1) is 6.95. The summed E-state index contributed by atoms with van der Waals surface area (Å²) >= 11 is 4.91. The van der Waals surface area contributed by atoms with Crippen LogP contribution in [0.4, 0.5) is 0 Å². The Bertz CT molecular complexity index is 346. The molecule has 0 aliphatic heterocycles. The van der Waals surface area contributed by atoms with E-state index >= 15 is 0 Å². The molecule has 0 saturated heterocycles. The number of ether oxygens (including phenoxy) is 2. The lowest BCUT2D eigenvalue weighted by molar-refractivity contribution is 0.183. The molecule has 1 rings (SSSR count). The smallest absolute Gasteiger partial charge is 0.153 e. The van der Waals surface area contributed by atoms with E-state index in [2.05, 4.69) is 0 Å². The van der Waals surface area contributed by atoms with Crippen LogP contribution in [0, 0.1) is 0 Å². The van der Waals surface area contributed by atoms with Crippen LogP contribution >= 0.6 is 12.2 Å². The quantitative estimate of drug-likeness (QED) is 0.797. The second kappa shape index (κ2) is 4.49. The monoisotopic (exact) mass is 225 g/mol. The van der Waals surface area contributed by atoms with Crippen molar-refractivity contribution in [2.45, 2.75) is 19.4 Å². The van der Waals surface area contributed by atoms with Crippen LogP contribution < -0.4 is 15.2 Å². The first kappa shape index (κ1) is 11.8. The largest absolute Gasteiger partial charge is 0.497 e. The third-order valence-electron chi connectivity index (χ3n) is 2.03. The van der Waals surface area contributed by atoms with Gasteiger partial charge in [-0.15, -0.1) is 0 Å². The minimum absolute atomic E-state index is 0.332. The molecule has 2 N–H and O–H groups in total. The van der Waals surface area contributed by atoms with Crippen molar-refractivity contribution in [2.24, 2.45) is 5.73 Å². The van der Waals surface area contributed by atoms with Crippen molar-refractivity contribution >= 4 is 17.2 Å². The highest BCUT2D eigenvalue weighted by molar-refractivity contribution is 7.80. The van der Waals surface area contributed by atoms with Crippen LogP contribution in [0.2, 0.25) is 0 Å². The number of thiocarbonyl (C=S) groups is 1. The maximum atomic E-state index is 5.64. The number of benzene rings is 1. The van der Waals surface area contributed by atoms with E-state index in [-0.39, 0.29) is 0 Å². The molecular formula is C11H15NO2S. The van der Waals surface area contributed by atoms with Crippen LogP contribution in [0.25, 0.3) is 0 Å². The average molecular weight is 225 g/mol. The Morgan fingerprint density at radius 1 is 1.20 bits per heavy atom. The Labute approximate surface area is 95.2 Å². The van der Waals surface area contributed by atoms with E-state index in [1.165, 1.54) is 0 Å². The van der Waals surface area contributed by atoms with Gasteiger partial charge in [-0.1, -0.05) is 12.2 Å². The predicted octanol–water partition coefficient (Wildman–Crippen LogP) is 2.14. The van der Waals surface area contributed by atoms with Crippen molar-refractivity contribution in [3.63, 3.8) is 0 Å². The zero-order valence-electron chi connectivity index (χ0n) is 9.11. The Balaban J connectivity index is 2.77. The first-order valence-corrected chi connectivity index (χ1v) is 4.99. The van der Waals surface area contributed by atoms with Gasteiger partial charge < -0.3 is 15.2 Å². The Morgan fingerprint density at radius 2 is 1.67 bits per heavy atom. The van der Waals surface area contributed by atoms with Crippen LogP contribution in [-0.4, -0.2) is 17.7 Å². The van der Waals surface area contributed by atoms with Crippen LogP contribution in [0.1, 0.15) is 13.8 Å². The third-order valence-corrected chi connectivity index (χ3v) is 2.52. The van der Waals surface area contributed by atoms with Crippen molar-refractivity contribution in [2.75, 3.05) is 7.11 Å². The lowest BCUT2D eigenvalue weighted by Gasteiger charge is -2.25. The molecule has 0 aliphatic carbocycles. The van der Waals surface area contributed by atoms with Crippen molar-refractivity contribution in [1.82, 2.24) is 0 Å². The van der Waals surface area contributed by atoms with Gasteiger partial charge in [0.25, 0.3) is 0 Å². The van der Waals surface area contributed by atoms with E-state index in [4.69, 9.17) is 27.4 Å². The first-order valence-electron chi connectivity index (χ1n) is 4.58. The van der Waals surface area contributed by atoms with E-state index < -0.39 is 5.60 Å². The van der Waals surface area contributed by atoms with Gasteiger partial charge in [-0.05, 0) is 38.1 Å². The fourth-order valence-electron chi connectivity index (χ4n) is 0.989. The molecule has 0 atom stereocenters. The second-order valence-electron chi connectivity index (χ2n) is 3.65. The van der Waals surface area contributed by atoms with Crippen LogP contribution in [0.15, 0.2) is 24.3 Å². The molecule has 3 nitrogen and oxygen atoms in total. The number of hydrogen-bond donors (Lipinski definition) is 1. The second-order valence-corrected chi connectivity index (χ2v) is 4.09. The molecule has 4 heteroatoms. The highest BCUT2D eigenvalue weighted by Gasteiger charge is 2.23. The SMILES string of the molecule is COc1ccc(OC(C)(C)C(N)=S)cc1. The van der Waals surface area contributed by atoms with E-state index in [1.807, 2.05) is 38.1 Å². The highest BCUT2D eigenvalue weighted by atomic mass is 32.1. The van der Waals surface area contributed by atoms with Crippen molar-refractivity contribution in [1.29, 1.82) is 0 Å². The molecule has 0 heterocycles. The third kappa shape index (κ3) is 3.09. The molecule has 0 bridgehead atoms. The normalized spacial score (nSPS) is 10.9. The van der Waals surface area contributed by atoms with Gasteiger partial charge in [0, 0.05) is 0 Å². The molecule has 1 aromatic rings. The van der Waals surface area contributed by atoms with E-state index in [9.17, 15) is 0 Å². The summed E-state index contributed by atoms with van der Waals surface area (Å²) in [6.07, 6.45) is 0. The number of hydrogen-bond acceptors (Lipinski definition) is 3. The molecular weight excluding hydrogens is 210 g/mol. The Morgan fingerprint density at radius 3 is 2.07 bits per heavy atom. The molecule has 0 aliphatic rings. The molecule has 15 heavy (non-hydrogen) atoms. The Kier molecular flexibility index (Phi) is 3.52. The minimum atomic E-state index is -0.635. The number of nitrogens with two attached hydrogens (primary N) is 1. The zero-order valence-corrected chi connectivity index (χ0v) is 9.93. The minimum Gasteiger partial charge on any atom is -0.497 e. The van der Waals surface area contributed by atoms with E-state index in [0.717, 1.165) is 5.75 Å². The van der Waals surface area contributed by atoms with Gasteiger partial charge in [0.05, 0.1) is 7.11 Å². The van der Waals surface area contributed by atoms with Crippen molar-refractivity contribution in [3.05, 3.63) is 24.3 Å². The lowest BCUT2D eigenvalue weighted by Crippen LogP contribution is -2.41. The van der Waals surface area contributed by atoms with Gasteiger partial charge in [0.1, 0.15) is 16.5 Å². The van der Waals surface area contributed by atoms with Crippen molar-refractivity contribution in [3.8, 4) is 11.5 Å². The molecule has 0 spiro atoms. The predicted molar refractivity (Wildman–Crippen MR) is 64.5 cm³/mol. The summed E-state index contributed by atoms with van der Waals surface area (Å²) in [5, 5.41) is 0. The molecule has 0 unspecified atom stereocenters. The van der Waals surface area contributed by atoms with Gasteiger partial charge in [-0.25, -0.2) is 0 Å². The van der Waals surface area contributed by atoms with Gasteiger partial charge in [0.15, 0.2) is 5.60 Å². The topological polar surface area (TPSA) is 44.5 Å². The van der Waals surface area contributed by atoms with Crippen LogP contribution in [-0.2, 0) is 0 Å². The molecule has 82 valence electrons. The molecule has 0 saturated carbocycles. The molecule has 1 aromatic carbocycles. The van der Waals surface area contributed by atoms with Crippen LogP contribution in [0.5, 0.6) is 11.5 Å². The highest BCUT2D eigenvalue weighted by Crippen LogP contribution is 2.21. The molecule has 0 radical (unpaired) electrons. The summed E-state index contributed by atoms with van der Waals surface area (Å²) < 4.78 is 10.7. The fourth-order valence-corrected chi connectivity index (χ4v) is 1.03. The van der Waals surface area contributed by atoms with Crippen molar-refractivity contribution < 1.29 is 9.47 Å². The van der Waals surface area contributed by atoms with E-state index in [1.54, 1.807) is 7.11 Å². The summed E-state index contributed by atoms with van der Waals surface area (Å²) in [7, 11) is 1.62. The fraction of sp³-hybridized carbons (Fsp3) is 0.364. The number of rotatable bonds is 4. The van der Waals surface area contributed by atoms with E-state index in [0.29, 0.717) is 10.7 Å². The van der Waals surface area contributed by atoms with Gasteiger partial charge in [-0.3, -0.25) is 0 Å². The zero-order chi connectivity index (χ0) is 11.5. The summed E-state index contributed by atoms with van der Waals surface area (Å²) in [5.74, 6) is 1.50. The molecule has 0 fully saturated rings. The standard InChI is InChI=1S/C11H15NO2S/c1-11(2,10(12)15)14-9-6-4-8(13-3)5-7-9/h4-7H,1-3H3,(H2,12,15). The molecule has 0 amide bonds. The lowest BCUT2D eigenvalue weighted by atomic mass is 10.1. The summed E-state index contributed by atoms with van der Waals surface area (Å²) in [4.78, 5) is 0.332. The summed E-state index contributed by atoms with van der Waals surface area (Å²) in [6, 6.07) is 7.29. The van der Waals surface area contributed by atoms with Crippen LogP contribution in [0.3, 0.4) is 0 Å². The summed E-state index contributed by atoms with van der Waals surface area (Å²) in [5.41, 5.74) is 4.92. The average Bonchev–Trinajstić information content (AvgIpc) is 2.18. The van der Waals surface area contributed by atoms with Gasteiger partial charge in [0.2, 0.25) is 0 Å². The number of methoxy groups -OCH3 is 1. The Hall–Kier alpha value is -1.29. The maximum absolute atomic E-state index is 5.64. The van der Waals surface area contributed by atoms with Gasteiger partial charge >= 0.3 is 0 Å². The maximum Gasteiger partial charge on any atom is 0.153 e.